The van der Waals surface area contributed by atoms with E-state index in [9.17, 15) is 28.2 Å². The van der Waals surface area contributed by atoms with E-state index in [0.717, 1.165) is 0 Å². The van der Waals surface area contributed by atoms with Crippen molar-refractivity contribution in [2.24, 2.45) is 0 Å². The van der Waals surface area contributed by atoms with Crippen molar-refractivity contribution in [2.45, 2.75) is 13.1 Å². The zero-order valence-corrected chi connectivity index (χ0v) is 11.1. The average Bonchev–Trinajstić information content (AvgIpc) is 2.78. The molecule has 0 atom stereocenters. The van der Waals surface area contributed by atoms with E-state index in [1.165, 1.54) is 17.0 Å². The van der Waals surface area contributed by atoms with Gasteiger partial charge in [0.25, 0.3) is 5.91 Å². The standard InChI is InChI=1S/C15H10F3NO3/c16-10-4-12(18)11(17)3-7(10)5-19-6-9-8(15(19)22)1-2-13(20)14(9)21/h1-4,20-21H,5-6H2. The lowest BCUT2D eigenvalue weighted by Gasteiger charge is -2.16. The highest BCUT2D eigenvalue weighted by molar-refractivity contribution is 5.99. The molecule has 4 nitrogen and oxygen atoms in total. The number of hydrogen-bond acceptors (Lipinski definition) is 3. The van der Waals surface area contributed by atoms with Crippen molar-refractivity contribution >= 4 is 5.91 Å². The van der Waals surface area contributed by atoms with Gasteiger partial charge in [-0.05, 0) is 18.2 Å². The van der Waals surface area contributed by atoms with Crippen LogP contribution in [0.1, 0.15) is 21.5 Å². The minimum atomic E-state index is -1.31. The van der Waals surface area contributed by atoms with E-state index >= 15 is 0 Å². The van der Waals surface area contributed by atoms with Gasteiger partial charge < -0.3 is 15.1 Å². The molecule has 2 aromatic carbocycles. The summed E-state index contributed by atoms with van der Waals surface area (Å²) in [4.78, 5) is 13.3. The third-order valence-electron chi connectivity index (χ3n) is 3.58. The summed E-state index contributed by atoms with van der Waals surface area (Å²) in [5, 5.41) is 19.2. The molecule has 1 heterocycles. The van der Waals surface area contributed by atoms with Crippen LogP contribution in [-0.2, 0) is 13.1 Å². The maximum Gasteiger partial charge on any atom is 0.254 e. The van der Waals surface area contributed by atoms with E-state index in [1.54, 1.807) is 0 Å². The topological polar surface area (TPSA) is 60.8 Å². The highest BCUT2D eigenvalue weighted by Crippen LogP contribution is 2.37. The third kappa shape index (κ3) is 2.14. The van der Waals surface area contributed by atoms with Crippen molar-refractivity contribution in [1.82, 2.24) is 4.90 Å². The number of carbonyl (C=O) groups excluding carboxylic acids is 1. The Kier molecular flexibility index (Phi) is 3.20. The van der Waals surface area contributed by atoms with Crippen LogP contribution in [0.4, 0.5) is 13.2 Å². The molecule has 1 aliphatic heterocycles. The molecule has 3 rings (SSSR count). The lowest BCUT2D eigenvalue weighted by atomic mass is 10.1. The van der Waals surface area contributed by atoms with E-state index < -0.39 is 29.1 Å². The first kappa shape index (κ1) is 14.2. The van der Waals surface area contributed by atoms with Crippen molar-refractivity contribution in [3.63, 3.8) is 0 Å². The van der Waals surface area contributed by atoms with Crippen LogP contribution >= 0.6 is 0 Å². The number of amides is 1. The van der Waals surface area contributed by atoms with Gasteiger partial charge in [0.1, 0.15) is 5.82 Å². The Bertz CT molecular complexity index is 792. The molecule has 7 heteroatoms. The van der Waals surface area contributed by atoms with Gasteiger partial charge in [0.15, 0.2) is 23.1 Å². The van der Waals surface area contributed by atoms with E-state index in [1.807, 2.05) is 0 Å². The van der Waals surface area contributed by atoms with Crippen LogP contribution in [0.15, 0.2) is 24.3 Å². The summed E-state index contributed by atoms with van der Waals surface area (Å²) in [5.41, 5.74) is 0.218. The molecular weight excluding hydrogens is 299 g/mol. The molecule has 0 aromatic heterocycles. The van der Waals surface area contributed by atoms with E-state index in [4.69, 9.17) is 0 Å². The number of rotatable bonds is 2. The van der Waals surface area contributed by atoms with Gasteiger partial charge in [-0.25, -0.2) is 13.2 Å². The van der Waals surface area contributed by atoms with E-state index in [-0.39, 0.29) is 35.5 Å². The summed E-state index contributed by atoms with van der Waals surface area (Å²) in [6.07, 6.45) is 0. The first-order chi connectivity index (χ1) is 10.4. The van der Waals surface area contributed by atoms with Crippen molar-refractivity contribution in [1.29, 1.82) is 0 Å². The fourth-order valence-corrected chi connectivity index (χ4v) is 2.44. The summed E-state index contributed by atoms with van der Waals surface area (Å²) >= 11 is 0. The molecule has 0 saturated heterocycles. The van der Waals surface area contributed by atoms with Crippen molar-refractivity contribution in [2.75, 3.05) is 0 Å². The Labute approximate surface area is 123 Å². The largest absolute Gasteiger partial charge is 0.504 e. The lowest BCUT2D eigenvalue weighted by Crippen LogP contribution is -2.24. The lowest BCUT2D eigenvalue weighted by molar-refractivity contribution is 0.0765. The molecule has 0 unspecified atom stereocenters. The Morgan fingerprint density at radius 2 is 1.73 bits per heavy atom. The Morgan fingerprint density at radius 3 is 2.45 bits per heavy atom. The summed E-state index contributed by atoms with van der Waals surface area (Å²) < 4.78 is 39.7. The molecule has 0 aliphatic carbocycles. The molecule has 0 fully saturated rings. The SMILES string of the molecule is O=C1c2ccc(O)c(O)c2CN1Cc1cc(F)c(F)cc1F. The van der Waals surface area contributed by atoms with Crippen molar-refractivity contribution in [3.05, 3.63) is 58.4 Å². The van der Waals surface area contributed by atoms with Gasteiger partial charge >= 0.3 is 0 Å². The maximum atomic E-state index is 13.6. The second-order valence-electron chi connectivity index (χ2n) is 4.98. The number of phenols is 2. The maximum absolute atomic E-state index is 13.6. The van der Waals surface area contributed by atoms with E-state index in [2.05, 4.69) is 0 Å². The first-order valence-corrected chi connectivity index (χ1v) is 6.35. The van der Waals surface area contributed by atoms with Crippen molar-refractivity contribution in [3.8, 4) is 11.5 Å². The molecule has 114 valence electrons. The minimum Gasteiger partial charge on any atom is -0.504 e. The van der Waals surface area contributed by atoms with Crippen LogP contribution in [0.3, 0.4) is 0 Å². The predicted octanol–water partition coefficient (Wildman–Crippen LogP) is 2.67. The van der Waals surface area contributed by atoms with Crippen LogP contribution in [0, 0.1) is 17.5 Å². The highest BCUT2D eigenvalue weighted by Gasteiger charge is 2.31. The van der Waals surface area contributed by atoms with Crippen LogP contribution in [-0.4, -0.2) is 21.0 Å². The summed E-state index contributed by atoms with van der Waals surface area (Å²) in [6, 6.07) is 3.63. The first-order valence-electron chi connectivity index (χ1n) is 6.35. The highest BCUT2D eigenvalue weighted by atomic mass is 19.2. The zero-order chi connectivity index (χ0) is 16.0. The van der Waals surface area contributed by atoms with Gasteiger partial charge in [0.2, 0.25) is 0 Å². The number of carbonyl (C=O) groups is 1. The van der Waals surface area contributed by atoms with Crippen molar-refractivity contribution < 1.29 is 28.2 Å². The van der Waals surface area contributed by atoms with Crippen LogP contribution in [0.2, 0.25) is 0 Å². The molecule has 0 bridgehead atoms. The van der Waals surface area contributed by atoms with Crippen LogP contribution in [0.25, 0.3) is 0 Å². The summed E-state index contributed by atoms with van der Waals surface area (Å²) in [6.45, 7) is -0.344. The minimum absolute atomic E-state index is 0.0627. The van der Waals surface area contributed by atoms with Gasteiger partial charge in [-0.2, -0.15) is 0 Å². The van der Waals surface area contributed by atoms with Crippen LogP contribution in [0.5, 0.6) is 11.5 Å². The Hall–Kier alpha value is -2.70. The second-order valence-corrected chi connectivity index (χ2v) is 4.98. The predicted molar refractivity (Wildman–Crippen MR) is 69.7 cm³/mol. The van der Waals surface area contributed by atoms with Gasteiger partial charge in [-0.15, -0.1) is 0 Å². The monoisotopic (exact) mass is 309 g/mol. The molecule has 22 heavy (non-hydrogen) atoms. The number of nitrogens with zero attached hydrogens (tertiary/aromatic N) is 1. The smallest absolute Gasteiger partial charge is 0.254 e. The Morgan fingerprint density at radius 1 is 1.05 bits per heavy atom. The number of benzene rings is 2. The number of hydrogen-bond donors (Lipinski definition) is 2. The van der Waals surface area contributed by atoms with Gasteiger partial charge in [-0.3, -0.25) is 4.79 Å². The summed E-state index contributed by atoms with van der Waals surface area (Å²) in [7, 11) is 0. The normalized spacial score (nSPS) is 13.6. The molecule has 2 N–H and O–H groups in total. The fraction of sp³-hybridized carbons (Fsp3) is 0.133. The molecule has 0 spiro atoms. The molecule has 1 amide bonds. The average molecular weight is 309 g/mol. The number of fused-ring (bicyclic) bond motifs is 1. The van der Waals surface area contributed by atoms with Gasteiger partial charge in [0.05, 0.1) is 6.54 Å². The number of halogens is 3. The van der Waals surface area contributed by atoms with E-state index in [0.29, 0.717) is 12.1 Å². The molecule has 0 saturated carbocycles. The quantitative estimate of drug-likeness (QED) is 0.662. The second kappa shape index (κ2) is 4.94. The third-order valence-corrected chi connectivity index (χ3v) is 3.58. The molecule has 2 aromatic rings. The van der Waals surface area contributed by atoms with Gasteiger partial charge in [-0.1, -0.05) is 0 Å². The molecule has 1 aliphatic rings. The Balaban J connectivity index is 1.92. The summed E-state index contributed by atoms with van der Waals surface area (Å²) in [5.74, 6) is -4.75. The number of phenolic OH excluding ortho intramolecular Hbond substituents is 2. The zero-order valence-electron chi connectivity index (χ0n) is 11.1. The number of aromatic hydroxyl groups is 2. The fourth-order valence-electron chi connectivity index (χ4n) is 2.44. The molecular formula is C15H10F3NO3. The van der Waals surface area contributed by atoms with Gasteiger partial charge in [0, 0.05) is 29.3 Å². The molecule has 0 radical (unpaired) electrons. The van der Waals surface area contributed by atoms with Crippen LogP contribution < -0.4 is 0 Å².